The van der Waals surface area contributed by atoms with Gasteiger partial charge in [0.2, 0.25) is 0 Å². The second kappa shape index (κ2) is 11.2. The zero-order valence-corrected chi connectivity index (χ0v) is 19.4. The molecule has 0 spiro atoms. The van der Waals surface area contributed by atoms with Gasteiger partial charge in [-0.05, 0) is 42.4 Å². The molecule has 3 nitrogen and oxygen atoms in total. The van der Waals surface area contributed by atoms with Crippen molar-refractivity contribution >= 4 is 6.08 Å². The van der Waals surface area contributed by atoms with E-state index in [2.05, 4.69) is 13.5 Å². The van der Waals surface area contributed by atoms with E-state index >= 15 is 0 Å². The predicted octanol–water partition coefficient (Wildman–Crippen LogP) is 7.34. The normalized spacial score (nSPS) is 25.4. The third kappa shape index (κ3) is 5.73. The zero-order chi connectivity index (χ0) is 24.1. The van der Waals surface area contributed by atoms with Gasteiger partial charge >= 0.3 is 0 Å². The number of ether oxygens (including phenoxy) is 3. The van der Waals surface area contributed by atoms with Crippen molar-refractivity contribution in [1.82, 2.24) is 0 Å². The predicted molar refractivity (Wildman–Crippen MR) is 126 cm³/mol. The van der Waals surface area contributed by atoms with Crippen LogP contribution < -0.4 is 4.74 Å². The molecule has 0 amide bonds. The number of halogens is 3. The van der Waals surface area contributed by atoms with Crippen molar-refractivity contribution in [3.05, 3.63) is 83.2 Å². The Kier molecular flexibility index (Phi) is 8.11. The van der Waals surface area contributed by atoms with Crippen LogP contribution in [0.5, 0.6) is 5.75 Å². The Bertz CT molecular complexity index is 1020. The van der Waals surface area contributed by atoms with E-state index in [1.807, 2.05) is 0 Å². The Balaban J connectivity index is 1.34. The molecule has 2 fully saturated rings. The van der Waals surface area contributed by atoms with Gasteiger partial charge in [0.05, 0.1) is 13.2 Å². The average molecular weight is 473 g/mol. The van der Waals surface area contributed by atoms with E-state index in [0.29, 0.717) is 30.3 Å². The second-order valence-electron chi connectivity index (χ2n) is 9.24. The van der Waals surface area contributed by atoms with E-state index in [-0.39, 0.29) is 29.8 Å². The number of benzene rings is 2. The van der Waals surface area contributed by atoms with Gasteiger partial charge in [0, 0.05) is 17.0 Å². The van der Waals surface area contributed by atoms with Crippen molar-refractivity contribution in [2.75, 3.05) is 19.8 Å². The zero-order valence-electron chi connectivity index (χ0n) is 19.4. The summed E-state index contributed by atoms with van der Waals surface area (Å²) in [6.45, 7) is 6.60. The summed E-state index contributed by atoms with van der Waals surface area (Å²) in [4.78, 5) is 0. The SMILES string of the molecule is C=CCOc1ccc(C2OCC(/C=C/c3ccc(C4CCC(C)CC4)c(F)c3F)CO2)cc1F. The highest BCUT2D eigenvalue weighted by atomic mass is 19.2. The maximum absolute atomic E-state index is 14.8. The molecule has 0 bridgehead atoms. The van der Waals surface area contributed by atoms with Crippen LogP contribution in [0.3, 0.4) is 0 Å². The maximum Gasteiger partial charge on any atom is 0.183 e. The summed E-state index contributed by atoms with van der Waals surface area (Å²) < 4.78 is 60.4. The fourth-order valence-electron chi connectivity index (χ4n) is 4.59. The number of hydrogen-bond donors (Lipinski definition) is 0. The van der Waals surface area contributed by atoms with Crippen LogP contribution in [0.2, 0.25) is 0 Å². The van der Waals surface area contributed by atoms with E-state index in [4.69, 9.17) is 14.2 Å². The van der Waals surface area contributed by atoms with Crippen LogP contribution >= 0.6 is 0 Å². The molecule has 2 aromatic carbocycles. The van der Waals surface area contributed by atoms with E-state index < -0.39 is 23.7 Å². The monoisotopic (exact) mass is 472 g/mol. The van der Waals surface area contributed by atoms with E-state index in [1.54, 1.807) is 36.4 Å². The Morgan fingerprint density at radius 2 is 1.74 bits per heavy atom. The molecule has 4 rings (SSSR count). The van der Waals surface area contributed by atoms with Gasteiger partial charge in [0.25, 0.3) is 0 Å². The minimum absolute atomic E-state index is 0.0910. The van der Waals surface area contributed by atoms with Gasteiger partial charge in [-0.2, -0.15) is 0 Å². The summed E-state index contributed by atoms with van der Waals surface area (Å²) >= 11 is 0. The first-order valence-corrected chi connectivity index (χ1v) is 11.9. The molecule has 6 heteroatoms. The topological polar surface area (TPSA) is 27.7 Å². The van der Waals surface area contributed by atoms with E-state index in [0.717, 1.165) is 25.7 Å². The number of rotatable bonds is 7. The van der Waals surface area contributed by atoms with E-state index in [9.17, 15) is 13.2 Å². The molecule has 0 unspecified atom stereocenters. The second-order valence-corrected chi connectivity index (χ2v) is 9.24. The van der Waals surface area contributed by atoms with Gasteiger partial charge in [0.15, 0.2) is 29.5 Å². The van der Waals surface area contributed by atoms with Crippen LogP contribution in [-0.4, -0.2) is 19.8 Å². The first-order chi connectivity index (χ1) is 16.5. The minimum Gasteiger partial charge on any atom is -0.486 e. The minimum atomic E-state index is -0.808. The summed E-state index contributed by atoms with van der Waals surface area (Å²) in [7, 11) is 0. The van der Waals surface area contributed by atoms with Crippen LogP contribution in [0.15, 0.2) is 49.1 Å². The lowest BCUT2D eigenvalue weighted by Crippen LogP contribution is -2.25. The summed E-state index contributed by atoms with van der Waals surface area (Å²) in [6.07, 6.45) is 8.10. The highest BCUT2D eigenvalue weighted by molar-refractivity contribution is 5.52. The van der Waals surface area contributed by atoms with Crippen molar-refractivity contribution < 1.29 is 27.4 Å². The van der Waals surface area contributed by atoms with Crippen LogP contribution in [0.1, 0.15) is 61.5 Å². The van der Waals surface area contributed by atoms with Crippen molar-refractivity contribution in [2.45, 2.75) is 44.8 Å². The fraction of sp³-hybridized carbons (Fsp3) is 0.429. The molecule has 2 aromatic rings. The van der Waals surface area contributed by atoms with Crippen molar-refractivity contribution in [3.63, 3.8) is 0 Å². The highest BCUT2D eigenvalue weighted by Gasteiger charge is 2.25. The van der Waals surface area contributed by atoms with Gasteiger partial charge in [-0.1, -0.05) is 62.8 Å². The van der Waals surface area contributed by atoms with Crippen molar-refractivity contribution in [2.24, 2.45) is 11.8 Å². The Hall–Kier alpha value is -2.57. The lowest BCUT2D eigenvalue weighted by molar-refractivity contribution is -0.197. The Labute approximate surface area is 199 Å². The third-order valence-electron chi connectivity index (χ3n) is 6.65. The quantitative estimate of drug-likeness (QED) is 0.395. The molecule has 1 aliphatic heterocycles. The van der Waals surface area contributed by atoms with Crippen molar-refractivity contribution in [1.29, 1.82) is 0 Å². The molecule has 0 N–H and O–H groups in total. The van der Waals surface area contributed by atoms with Crippen molar-refractivity contribution in [3.8, 4) is 5.75 Å². The molecular weight excluding hydrogens is 441 g/mol. The summed E-state index contributed by atoms with van der Waals surface area (Å²) in [6, 6.07) is 7.91. The summed E-state index contributed by atoms with van der Waals surface area (Å²) in [5.74, 6) is -1.29. The first kappa shape index (κ1) is 24.6. The Morgan fingerprint density at radius 3 is 2.41 bits per heavy atom. The summed E-state index contributed by atoms with van der Waals surface area (Å²) in [5, 5.41) is 0. The molecule has 1 saturated carbocycles. The first-order valence-electron chi connectivity index (χ1n) is 11.9. The Morgan fingerprint density at radius 1 is 1.00 bits per heavy atom. The lowest BCUT2D eigenvalue weighted by Gasteiger charge is -2.28. The number of hydrogen-bond acceptors (Lipinski definition) is 3. The molecule has 2 aliphatic rings. The smallest absolute Gasteiger partial charge is 0.183 e. The molecule has 182 valence electrons. The van der Waals surface area contributed by atoms with Crippen LogP contribution in [0.4, 0.5) is 13.2 Å². The average Bonchev–Trinajstić information content (AvgIpc) is 2.85. The molecule has 1 aliphatic carbocycles. The molecule has 1 heterocycles. The van der Waals surface area contributed by atoms with Crippen LogP contribution in [0, 0.1) is 29.3 Å². The maximum atomic E-state index is 14.8. The summed E-state index contributed by atoms with van der Waals surface area (Å²) in [5.41, 5.74) is 1.25. The molecule has 0 aromatic heterocycles. The molecule has 34 heavy (non-hydrogen) atoms. The largest absolute Gasteiger partial charge is 0.486 e. The van der Waals surface area contributed by atoms with Gasteiger partial charge < -0.3 is 14.2 Å². The fourth-order valence-corrected chi connectivity index (χ4v) is 4.59. The molecule has 0 atom stereocenters. The van der Waals surface area contributed by atoms with Gasteiger partial charge in [-0.3, -0.25) is 0 Å². The van der Waals surface area contributed by atoms with Gasteiger partial charge in [-0.15, -0.1) is 0 Å². The standard InChI is InChI=1S/C28H31F3O3/c1-3-14-32-25-13-11-22(15-24(25)29)28-33-16-19(17-34-28)6-9-21-10-12-23(27(31)26(21)30)20-7-4-18(2)5-8-20/h3,6,9-13,15,18-20,28H,1,4-5,7-8,14,16-17H2,2H3/b9-6+. The van der Waals surface area contributed by atoms with E-state index in [1.165, 1.54) is 12.1 Å². The van der Waals surface area contributed by atoms with Crippen LogP contribution in [-0.2, 0) is 9.47 Å². The molecular formula is C28H31F3O3. The third-order valence-corrected chi connectivity index (χ3v) is 6.65. The lowest BCUT2D eigenvalue weighted by atomic mass is 9.79. The molecule has 1 saturated heterocycles. The van der Waals surface area contributed by atoms with Crippen LogP contribution in [0.25, 0.3) is 6.08 Å². The van der Waals surface area contributed by atoms with Gasteiger partial charge in [0.1, 0.15) is 6.61 Å². The van der Waals surface area contributed by atoms with Gasteiger partial charge in [-0.25, -0.2) is 13.2 Å². The molecule has 0 radical (unpaired) electrons. The highest BCUT2D eigenvalue weighted by Crippen LogP contribution is 2.37.